The van der Waals surface area contributed by atoms with E-state index in [-0.39, 0.29) is 5.75 Å². The Morgan fingerprint density at radius 2 is 1.82 bits per heavy atom. The molecule has 2 N–H and O–H groups in total. The summed E-state index contributed by atoms with van der Waals surface area (Å²) in [4.78, 5) is 8.56. The van der Waals surface area contributed by atoms with Crippen molar-refractivity contribution in [3.8, 4) is 0 Å². The lowest BCUT2D eigenvalue weighted by Crippen LogP contribution is -1.95. The quantitative estimate of drug-likeness (QED) is 0.658. The minimum absolute atomic E-state index is 0.149. The summed E-state index contributed by atoms with van der Waals surface area (Å²) in [6.45, 7) is 4.70. The van der Waals surface area contributed by atoms with Gasteiger partial charge < -0.3 is 10.2 Å². The number of carboxylic acid groups (broad SMARTS) is 2. The van der Waals surface area contributed by atoms with Crippen molar-refractivity contribution in [1.82, 2.24) is 0 Å². The minimum atomic E-state index is -2.89. The molecular formula is C5H10O5S. The van der Waals surface area contributed by atoms with Gasteiger partial charge in [0.1, 0.15) is 0 Å². The van der Waals surface area contributed by atoms with E-state index in [0.717, 1.165) is 5.41 Å². The van der Waals surface area contributed by atoms with Crippen LogP contribution in [0, 0.1) is 0 Å². The normalized spacial score (nSPS) is 9.18. The molecule has 0 unspecified atom stereocenters. The van der Waals surface area contributed by atoms with Gasteiger partial charge in [0.05, 0.1) is 5.75 Å². The predicted molar refractivity (Wildman–Crippen MR) is 40.3 cm³/mol. The van der Waals surface area contributed by atoms with E-state index in [1.165, 1.54) is 0 Å². The molecule has 0 amide bonds. The Morgan fingerprint density at radius 1 is 1.55 bits per heavy atom. The molecule has 0 aliphatic carbocycles. The maximum absolute atomic E-state index is 10.2. The molecule has 0 aromatic carbocycles. The molecule has 0 radical (unpaired) electrons. The van der Waals surface area contributed by atoms with Crippen LogP contribution in [-0.4, -0.2) is 30.5 Å². The van der Waals surface area contributed by atoms with Crippen LogP contribution < -0.4 is 0 Å². The second kappa shape index (κ2) is 5.72. The van der Waals surface area contributed by atoms with E-state index < -0.39 is 16.0 Å². The predicted octanol–water partition coefficient (Wildman–Crippen LogP) is 0.787. The molecule has 0 atom stereocenters. The maximum Gasteiger partial charge on any atom is 0.503 e. The molecule has 0 saturated heterocycles. The molecule has 0 heterocycles. The number of rotatable bonds is 2. The third-order valence-electron chi connectivity index (χ3n) is 0.656. The Bertz CT molecular complexity index is 211. The van der Waals surface area contributed by atoms with Gasteiger partial charge in [0.2, 0.25) is 0 Å². The fourth-order valence-electron chi connectivity index (χ4n) is 0.118. The molecular weight excluding hydrogens is 172 g/mol. The van der Waals surface area contributed by atoms with Crippen LogP contribution >= 0.6 is 0 Å². The maximum atomic E-state index is 10.2. The molecule has 0 aliphatic rings. The van der Waals surface area contributed by atoms with E-state index in [0.29, 0.717) is 0 Å². The smallest absolute Gasteiger partial charge is 0.450 e. The molecule has 0 aromatic heterocycles. The van der Waals surface area contributed by atoms with E-state index in [1.54, 1.807) is 6.92 Å². The average Bonchev–Trinajstić information content (AvgIpc) is 1.87. The topological polar surface area (TPSA) is 91.7 Å². The summed E-state index contributed by atoms with van der Waals surface area (Å²) in [5, 5.41) is 14.9. The van der Waals surface area contributed by atoms with Crippen molar-refractivity contribution in [2.75, 3.05) is 5.75 Å². The molecule has 0 aromatic rings. The van der Waals surface area contributed by atoms with Gasteiger partial charge in [-0.25, -0.2) is 13.2 Å². The molecule has 0 spiro atoms. The van der Waals surface area contributed by atoms with Gasteiger partial charge in [-0.05, 0) is 0 Å². The monoisotopic (exact) mass is 182 g/mol. The zero-order valence-electron chi connectivity index (χ0n) is 6.02. The number of hydrogen-bond donors (Lipinski definition) is 2. The second-order valence-corrected chi connectivity index (χ2v) is 3.64. The van der Waals surface area contributed by atoms with Gasteiger partial charge >= 0.3 is 6.16 Å². The summed E-state index contributed by atoms with van der Waals surface area (Å²) in [5.74, 6) is 0.149. The van der Waals surface area contributed by atoms with E-state index in [2.05, 4.69) is 6.58 Å². The van der Waals surface area contributed by atoms with E-state index in [4.69, 9.17) is 15.0 Å². The second-order valence-electron chi connectivity index (χ2n) is 1.40. The van der Waals surface area contributed by atoms with Crippen molar-refractivity contribution in [3.05, 3.63) is 12.0 Å². The first kappa shape index (κ1) is 12.6. The first-order chi connectivity index (χ1) is 4.85. The molecule has 0 rings (SSSR count). The zero-order chi connectivity index (χ0) is 9.49. The van der Waals surface area contributed by atoms with Crippen molar-refractivity contribution >= 4 is 16.0 Å². The molecule has 0 fully saturated rings. The third kappa shape index (κ3) is 17.6. The highest BCUT2D eigenvalue weighted by Gasteiger charge is 1.95. The largest absolute Gasteiger partial charge is 0.503 e. The van der Waals surface area contributed by atoms with Crippen LogP contribution in [0.15, 0.2) is 12.0 Å². The number of sulfone groups is 1. The van der Waals surface area contributed by atoms with Crippen molar-refractivity contribution < 1.29 is 23.4 Å². The van der Waals surface area contributed by atoms with Gasteiger partial charge in [-0.15, -0.1) is 0 Å². The van der Waals surface area contributed by atoms with Gasteiger partial charge in [-0.3, -0.25) is 0 Å². The van der Waals surface area contributed by atoms with Crippen molar-refractivity contribution in [1.29, 1.82) is 0 Å². The minimum Gasteiger partial charge on any atom is -0.450 e. The molecule has 11 heavy (non-hydrogen) atoms. The Labute approximate surface area is 64.9 Å². The summed E-state index contributed by atoms with van der Waals surface area (Å²) in [7, 11) is -2.89. The Hall–Kier alpha value is -1.04. The van der Waals surface area contributed by atoms with Crippen LogP contribution in [0.1, 0.15) is 6.92 Å². The molecule has 5 nitrogen and oxygen atoms in total. The summed E-state index contributed by atoms with van der Waals surface area (Å²) in [6, 6.07) is 0. The number of hydrogen-bond acceptors (Lipinski definition) is 3. The highest BCUT2D eigenvalue weighted by molar-refractivity contribution is 7.94. The van der Waals surface area contributed by atoms with Crippen LogP contribution in [0.5, 0.6) is 0 Å². The third-order valence-corrected chi connectivity index (χ3v) is 1.97. The van der Waals surface area contributed by atoms with Crippen LogP contribution in [-0.2, 0) is 9.84 Å². The van der Waals surface area contributed by atoms with Gasteiger partial charge in [-0.2, -0.15) is 0 Å². The molecule has 0 bridgehead atoms. The molecule has 0 saturated carbocycles. The van der Waals surface area contributed by atoms with Crippen LogP contribution in [0.2, 0.25) is 0 Å². The molecule has 0 aliphatic heterocycles. The molecule has 6 heteroatoms. The Morgan fingerprint density at radius 3 is 1.82 bits per heavy atom. The van der Waals surface area contributed by atoms with Crippen LogP contribution in [0.3, 0.4) is 0 Å². The lowest BCUT2D eigenvalue weighted by Gasteiger charge is -1.84. The van der Waals surface area contributed by atoms with Crippen LogP contribution in [0.25, 0.3) is 0 Å². The Balaban J connectivity index is 0. The van der Waals surface area contributed by atoms with E-state index >= 15 is 0 Å². The lowest BCUT2D eigenvalue weighted by atomic mass is 11.0. The summed E-state index contributed by atoms with van der Waals surface area (Å²) < 4.78 is 20.5. The van der Waals surface area contributed by atoms with Gasteiger partial charge in [0, 0.05) is 5.41 Å². The fourth-order valence-corrected chi connectivity index (χ4v) is 0.354. The van der Waals surface area contributed by atoms with Crippen LogP contribution in [0.4, 0.5) is 4.79 Å². The van der Waals surface area contributed by atoms with E-state index in [1.807, 2.05) is 0 Å². The fraction of sp³-hybridized carbons (Fsp3) is 0.400. The van der Waals surface area contributed by atoms with E-state index in [9.17, 15) is 8.42 Å². The number of carbonyl (C=O) groups is 1. The standard InChI is InChI=1S/C4H8O2S.CH2O3/c1-3-7(5,6)4-2;2-1(3)4/h3H,1,4H2,2H3;(H2,2,3,4). The van der Waals surface area contributed by atoms with Crippen molar-refractivity contribution in [2.45, 2.75) is 6.92 Å². The first-order valence-corrected chi connectivity index (χ1v) is 4.34. The summed E-state index contributed by atoms with van der Waals surface area (Å²) in [6.07, 6.45) is -1.83. The highest BCUT2D eigenvalue weighted by atomic mass is 32.2. The van der Waals surface area contributed by atoms with Crippen molar-refractivity contribution in [3.63, 3.8) is 0 Å². The lowest BCUT2D eigenvalue weighted by molar-refractivity contribution is 0.137. The van der Waals surface area contributed by atoms with Crippen molar-refractivity contribution in [2.24, 2.45) is 0 Å². The molecule has 66 valence electrons. The first-order valence-electron chi connectivity index (χ1n) is 2.62. The van der Waals surface area contributed by atoms with Gasteiger partial charge in [0.25, 0.3) is 0 Å². The van der Waals surface area contributed by atoms with Gasteiger partial charge in [0.15, 0.2) is 9.84 Å². The summed E-state index contributed by atoms with van der Waals surface area (Å²) >= 11 is 0. The van der Waals surface area contributed by atoms with Gasteiger partial charge in [-0.1, -0.05) is 13.5 Å². The highest BCUT2D eigenvalue weighted by Crippen LogP contribution is 1.85. The zero-order valence-corrected chi connectivity index (χ0v) is 6.84. The Kier molecular flexibility index (Phi) is 6.57. The average molecular weight is 182 g/mol. The summed E-state index contributed by atoms with van der Waals surface area (Å²) in [5.41, 5.74) is 0. The SMILES string of the molecule is C=CS(=O)(=O)CC.O=C(O)O.